The van der Waals surface area contributed by atoms with Crippen LogP contribution in [0.15, 0.2) is 17.1 Å². The lowest BCUT2D eigenvalue weighted by molar-refractivity contribution is -0.0206. The Balaban J connectivity index is 1.94. The quantitative estimate of drug-likeness (QED) is 0.786. The van der Waals surface area contributed by atoms with Crippen molar-refractivity contribution in [3.8, 4) is 0 Å². The molecule has 0 aliphatic carbocycles. The molecule has 0 bridgehead atoms. The second-order valence-electron chi connectivity index (χ2n) is 3.66. The third-order valence-corrected chi connectivity index (χ3v) is 3.50. The fourth-order valence-electron chi connectivity index (χ4n) is 1.52. The molecule has 0 spiro atoms. The fraction of sp³-hybridized carbons (Fsp3) is 0.500. The van der Waals surface area contributed by atoms with Crippen molar-refractivity contribution >= 4 is 23.7 Å². The zero-order chi connectivity index (χ0) is 13.8. The minimum absolute atomic E-state index is 0.0605. The van der Waals surface area contributed by atoms with E-state index >= 15 is 0 Å². The Hall–Kier alpha value is -1.74. The SMILES string of the molecule is COC(=O)OC[C@H]1O[C@@H](n2ccc(N)nc2=O)CS1. The number of hydrogen-bond donors (Lipinski definition) is 1. The average molecular weight is 287 g/mol. The molecule has 1 aromatic rings. The van der Waals surface area contributed by atoms with E-state index in [9.17, 15) is 9.59 Å². The Morgan fingerprint density at radius 3 is 3.21 bits per heavy atom. The first-order chi connectivity index (χ1) is 9.10. The van der Waals surface area contributed by atoms with Crippen LogP contribution in [0.3, 0.4) is 0 Å². The molecule has 0 unspecified atom stereocenters. The number of rotatable bonds is 3. The van der Waals surface area contributed by atoms with Crippen molar-refractivity contribution < 1.29 is 19.0 Å². The lowest BCUT2D eigenvalue weighted by Gasteiger charge is -2.14. The van der Waals surface area contributed by atoms with Crippen LogP contribution in [0.4, 0.5) is 10.6 Å². The molecular weight excluding hydrogens is 274 g/mol. The molecule has 9 heteroatoms. The van der Waals surface area contributed by atoms with E-state index in [4.69, 9.17) is 15.2 Å². The molecule has 1 saturated heterocycles. The first kappa shape index (κ1) is 13.7. The fourth-order valence-corrected chi connectivity index (χ4v) is 2.51. The van der Waals surface area contributed by atoms with Crippen molar-refractivity contribution in [1.29, 1.82) is 0 Å². The van der Waals surface area contributed by atoms with Gasteiger partial charge >= 0.3 is 11.8 Å². The van der Waals surface area contributed by atoms with Crippen LogP contribution >= 0.6 is 11.8 Å². The Bertz CT molecular complexity index is 520. The van der Waals surface area contributed by atoms with Crippen LogP contribution in [0.1, 0.15) is 6.23 Å². The highest BCUT2D eigenvalue weighted by atomic mass is 32.2. The summed E-state index contributed by atoms with van der Waals surface area (Å²) in [4.78, 5) is 26.1. The second kappa shape index (κ2) is 5.93. The van der Waals surface area contributed by atoms with Crippen LogP contribution in [0.2, 0.25) is 0 Å². The van der Waals surface area contributed by atoms with Gasteiger partial charge in [0.15, 0.2) is 0 Å². The van der Waals surface area contributed by atoms with Gasteiger partial charge in [0.25, 0.3) is 0 Å². The van der Waals surface area contributed by atoms with Crippen LogP contribution in [0, 0.1) is 0 Å². The van der Waals surface area contributed by atoms with Gasteiger partial charge in [0.2, 0.25) is 0 Å². The predicted octanol–water partition coefficient (Wildman–Crippen LogP) is 0.197. The normalized spacial score (nSPS) is 22.2. The van der Waals surface area contributed by atoms with Crippen LogP contribution < -0.4 is 11.4 Å². The number of hydrogen-bond acceptors (Lipinski definition) is 8. The number of ether oxygens (including phenoxy) is 3. The van der Waals surface area contributed by atoms with Gasteiger partial charge in [0, 0.05) is 11.9 Å². The molecule has 1 aliphatic rings. The number of aromatic nitrogens is 2. The Morgan fingerprint density at radius 1 is 1.74 bits per heavy atom. The maximum Gasteiger partial charge on any atom is 0.508 e. The van der Waals surface area contributed by atoms with Gasteiger partial charge in [0.1, 0.15) is 24.1 Å². The van der Waals surface area contributed by atoms with Crippen molar-refractivity contribution in [2.75, 3.05) is 25.2 Å². The molecule has 0 amide bonds. The summed E-state index contributed by atoms with van der Waals surface area (Å²) in [6.07, 6.45) is 0.315. The monoisotopic (exact) mass is 287 g/mol. The van der Waals surface area contributed by atoms with Crippen LogP contribution in [0.5, 0.6) is 0 Å². The summed E-state index contributed by atoms with van der Waals surface area (Å²) in [5.41, 5.74) is 4.60. The molecule has 1 aliphatic heterocycles. The van der Waals surface area contributed by atoms with Gasteiger partial charge in [0.05, 0.1) is 7.11 Å². The molecule has 104 valence electrons. The molecule has 2 atom stereocenters. The summed E-state index contributed by atoms with van der Waals surface area (Å²) in [6.45, 7) is 0.0605. The Kier molecular flexibility index (Phi) is 4.27. The van der Waals surface area contributed by atoms with Crippen molar-refractivity contribution in [3.63, 3.8) is 0 Å². The number of nitrogens with two attached hydrogens (primary N) is 1. The summed E-state index contributed by atoms with van der Waals surface area (Å²) in [5, 5.41) is 0. The molecule has 2 rings (SSSR count). The van der Waals surface area contributed by atoms with Gasteiger partial charge in [-0.2, -0.15) is 4.98 Å². The molecule has 0 aromatic carbocycles. The number of carbonyl (C=O) groups is 1. The number of anilines is 1. The van der Waals surface area contributed by atoms with E-state index in [1.54, 1.807) is 0 Å². The van der Waals surface area contributed by atoms with Gasteiger partial charge in [-0.05, 0) is 6.07 Å². The Morgan fingerprint density at radius 2 is 2.53 bits per heavy atom. The van der Waals surface area contributed by atoms with Gasteiger partial charge in [-0.1, -0.05) is 0 Å². The third-order valence-electron chi connectivity index (χ3n) is 2.40. The van der Waals surface area contributed by atoms with Crippen LogP contribution in [-0.4, -0.2) is 40.6 Å². The molecule has 0 radical (unpaired) electrons. The second-order valence-corrected chi connectivity index (χ2v) is 4.85. The van der Waals surface area contributed by atoms with Crippen molar-refractivity contribution in [3.05, 3.63) is 22.7 Å². The summed E-state index contributed by atoms with van der Waals surface area (Å²) in [6, 6.07) is 1.52. The molecule has 19 heavy (non-hydrogen) atoms. The van der Waals surface area contributed by atoms with Gasteiger partial charge in [-0.25, -0.2) is 9.59 Å². The average Bonchev–Trinajstić information content (AvgIpc) is 2.84. The standard InChI is InChI=1S/C10H13N3O5S/c1-16-10(15)17-4-8-18-7(5-19-8)13-3-2-6(11)12-9(13)14/h2-3,7-8H,4-5H2,1H3,(H2,11,12,14)/t7-,8+/m1/s1. The topological polar surface area (TPSA) is 106 Å². The highest BCUT2D eigenvalue weighted by molar-refractivity contribution is 8.00. The molecule has 1 aromatic heterocycles. The number of methoxy groups -OCH3 is 1. The molecular formula is C10H13N3O5S. The van der Waals surface area contributed by atoms with Crippen molar-refractivity contribution in [2.45, 2.75) is 11.7 Å². The number of nitrogens with zero attached hydrogens (tertiary/aromatic N) is 2. The van der Waals surface area contributed by atoms with Gasteiger partial charge < -0.3 is 19.9 Å². The minimum Gasteiger partial charge on any atom is -0.438 e. The van der Waals surface area contributed by atoms with Gasteiger partial charge in [-0.15, -0.1) is 11.8 Å². The lowest BCUT2D eigenvalue weighted by Crippen LogP contribution is -2.29. The highest BCUT2D eigenvalue weighted by Gasteiger charge is 2.29. The number of thioether (sulfide) groups is 1. The summed E-state index contributed by atoms with van der Waals surface area (Å²) < 4.78 is 16.1. The number of carbonyl (C=O) groups excluding carboxylic acids is 1. The maximum atomic E-state index is 11.6. The zero-order valence-corrected chi connectivity index (χ0v) is 11.0. The van der Waals surface area contributed by atoms with E-state index < -0.39 is 18.1 Å². The minimum atomic E-state index is -0.765. The van der Waals surface area contributed by atoms with E-state index in [1.807, 2.05) is 0 Å². The first-order valence-electron chi connectivity index (χ1n) is 5.42. The first-order valence-corrected chi connectivity index (χ1v) is 6.47. The van der Waals surface area contributed by atoms with E-state index in [2.05, 4.69) is 9.72 Å². The van der Waals surface area contributed by atoms with Crippen molar-refractivity contribution in [1.82, 2.24) is 9.55 Å². The smallest absolute Gasteiger partial charge is 0.438 e. The van der Waals surface area contributed by atoms with Crippen molar-refractivity contribution in [2.24, 2.45) is 0 Å². The molecule has 0 saturated carbocycles. The van der Waals surface area contributed by atoms with E-state index in [0.717, 1.165) is 0 Å². The molecule has 2 N–H and O–H groups in total. The zero-order valence-electron chi connectivity index (χ0n) is 10.1. The van der Waals surface area contributed by atoms with Crippen LogP contribution in [-0.2, 0) is 14.2 Å². The summed E-state index contributed by atoms with van der Waals surface area (Å²) >= 11 is 1.44. The van der Waals surface area contributed by atoms with E-state index in [0.29, 0.717) is 5.75 Å². The van der Waals surface area contributed by atoms with E-state index in [-0.39, 0.29) is 17.9 Å². The van der Waals surface area contributed by atoms with E-state index in [1.165, 1.54) is 35.7 Å². The maximum absolute atomic E-state index is 11.6. The molecule has 2 heterocycles. The lowest BCUT2D eigenvalue weighted by atomic mass is 10.5. The largest absolute Gasteiger partial charge is 0.508 e. The molecule has 8 nitrogen and oxygen atoms in total. The number of nitrogen functional groups attached to an aromatic ring is 1. The van der Waals surface area contributed by atoms with Gasteiger partial charge in [-0.3, -0.25) is 4.57 Å². The highest BCUT2D eigenvalue weighted by Crippen LogP contribution is 2.31. The Labute approximate surface area is 112 Å². The molecule has 1 fully saturated rings. The summed E-state index contributed by atoms with van der Waals surface area (Å²) in [7, 11) is 1.23. The predicted molar refractivity (Wildman–Crippen MR) is 67.6 cm³/mol. The van der Waals surface area contributed by atoms with Crippen LogP contribution in [0.25, 0.3) is 0 Å². The third kappa shape index (κ3) is 3.38. The summed E-state index contributed by atoms with van der Waals surface area (Å²) in [5.74, 6) is 0.721.